The predicted molar refractivity (Wildman–Crippen MR) is 101 cm³/mol. The molecule has 0 aromatic rings. The van der Waals surface area contributed by atoms with Crippen LogP contribution in [0.15, 0.2) is 12.2 Å². The summed E-state index contributed by atoms with van der Waals surface area (Å²) in [5.41, 5.74) is 0. The number of nitrogens with zero attached hydrogens (tertiary/aromatic N) is 1. The molecule has 0 aliphatic rings. The largest absolute Gasteiger partial charge is 0.395 e. The maximum absolute atomic E-state index is 11.9. The van der Waals surface area contributed by atoms with Crippen LogP contribution in [0.3, 0.4) is 0 Å². The number of carbonyl (C=O) groups excluding carboxylic acids is 1. The van der Waals surface area contributed by atoms with Crippen LogP contribution < -0.4 is 0 Å². The SMILES string of the molecule is CCCCCCCC/C=C/CCCCCC(=O)N(CCO)CCO. The van der Waals surface area contributed by atoms with E-state index in [4.69, 9.17) is 10.2 Å². The van der Waals surface area contributed by atoms with E-state index < -0.39 is 0 Å². The molecule has 0 aromatic heterocycles. The summed E-state index contributed by atoms with van der Waals surface area (Å²) in [5, 5.41) is 17.8. The zero-order valence-electron chi connectivity index (χ0n) is 15.7. The number of aliphatic hydroxyl groups is 2. The minimum atomic E-state index is -0.0465. The number of aliphatic hydroxyl groups excluding tert-OH is 2. The van der Waals surface area contributed by atoms with Gasteiger partial charge in [-0.2, -0.15) is 0 Å². The third-order valence-corrected chi connectivity index (χ3v) is 4.24. The van der Waals surface area contributed by atoms with Gasteiger partial charge >= 0.3 is 0 Å². The van der Waals surface area contributed by atoms with Crippen molar-refractivity contribution in [3.8, 4) is 0 Å². The van der Waals surface area contributed by atoms with Gasteiger partial charge in [0.15, 0.2) is 0 Å². The second kappa shape index (κ2) is 18.5. The number of rotatable bonds is 17. The number of hydrogen-bond donors (Lipinski definition) is 2. The van der Waals surface area contributed by atoms with Gasteiger partial charge in [0.25, 0.3) is 0 Å². The molecule has 0 heterocycles. The molecule has 0 rings (SSSR count). The lowest BCUT2D eigenvalue weighted by atomic mass is 10.1. The minimum absolute atomic E-state index is 0.0386. The van der Waals surface area contributed by atoms with Gasteiger partial charge in [0.1, 0.15) is 0 Å². The summed E-state index contributed by atoms with van der Waals surface area (Å²) in [6.07, 6.45) is 18.5. The Morgan fingerprint density at radius 1 is 0.792 bits per heavy atom. The van der Waals surface area contributed by atoms with Crippen LogP contribution in [-0.2, 0) is 4.79 Å². The third-order valence-electron chi connectivity index (χ3n) is 4.24. The van der Waals surface area contributed by atoms with Crippen molar-refractivity contribution in [1.29, 1.82) is 0 Å². The maximum Gasteiger partial charge on any atom is 0.222 e. The Labute approximate surface area is 148 Å². The molecule has 0 aliphatic heterocycles. The standard InChI is InChI=1S/C20H39NO3/c1-2-3-4-5-6-7-8-9-10-11-12-13-14-15-20(24)21(16-18-22)17-19-23/h9-10,22-23H,2-8,11-19H2,1H3/b10-9+. The molecular formula is C20H39NO3. The topological polar surface area (TPSA) is 60.8 Å². The summed E-state index contributed by atoms with van der Waals surface area (Å²) >= 11 is 0. The fraction of sp³-hybridized carbons (Fsp3) is 0.850. The molecule has 0 spiro atoms. The maximum atomic E-state index is 11.9. The summed E-state index contributed by atoms with van der Waals surface area (Å²) in [7, 11) is 0. The first-order valence-electron chi connectivity index (χ1n) is 9.90. The van der Waals surface area contributed by atoms with Crippen molar-refractivity contribution < 1.29 is 15.0 Å². The van der Waals surface area contributed by atoms with Crippen molar-refractivity contribution in [1.82, 2.24) is 4.90 Å². The van der Waals surface area contributed by atoms with Gasteiger partial charge in [0, 0.05) is 19.5 Å². The van der Waals surface area contributed by atoms with Gasteiger partial charge in [-0.1, -0.05) is 57.6 Å². The molecule has 0 bridgehead atoms. The number of amides is 1. The average molecular weight is 342 g/mol. The fourth-order valence-electron chi connectivity index (χ4n) is 2.75. The predicted octanol–water partition coefficient (Wildman–Crippen LogP) is 4.06. The molecule has 4 nitrogen and oxygen atoms in total. The summed E-state index contributed by atoms with van der Waals surface area (Å²) in [6, 6.07) is 0. The molecule has 1 amide bonds. The highest BCUT2D eigenvalue weighted by Crippen LogP contribution is 2.09. The second-order valence-corrected chi connectivity index (χ2v) is 6.46. The van der Waals surface area contributed by atoms with Gasteiger partial charge in [0.2, 0.25) is 5.91 Å². The van der Waals surface area contributed by atoms with Crippen LogP contribution >= 0.6 is 0 Å². The highest BCUT2D eigenvalue weighted by molar-refractivity contribution is 5.76. The number of carbonyl (C=O) groups is 1. The van der Waals surface area contributed by atoms with E-state index in [-0.39, 0.29) is 19.1 Å². The van der Waals surface area contributed by atoms with E-state index in [2.05, 4.69) is 19.1 Å². The lowest BCUT2D eigenvalue weighted by Crippen LogP contribution is -2.35. The van der Waals surface area contributed by atoms with Gasteiger partial charge in [0.05, 0.1) is 13.2 Å². The van der Waals surface area contributed by atoms with Crippen LogP contribution in [0.4, 0.5) is 0 Å². The minimum Gasteiger partial charge on any atom is -0.395 e. The molecule has 4 heteroatoms. The monoisotopic (exact) mass is 341 g/mol. The molecule has 2 N–H and O–H groups in total. The van der Waals surface area contributed by atoms with Crippen molar-refractivity contribution in [2.24, 2.45) is 0 Å². The fourth-order valence-corrected chi connectivity index (χ4v) is 2.75. The number of unbranched alkanes of at least 4 members (excludes halogenated alkanes) is 9. The van der Waals surface area contributed by atoms with Gasteiger partial charge < -0.3 is 15.1 Å². The Morgan fingerprint density at radius 3 is 1.83 bits per heavy atom. The van der Waals surface area contributed by atoms with Gasteiger partial charge in [-0.05, 0) is 32.1 Å². The molecule has 0 fully saturated rings. The Kier molecular flexibility index (Phi) is 17.8. The van der Waals surface area contributed by atoms with E-state index >= 15 is 0 Å². The first-order valence-corrected chi connectivity index (χ1v) is 9.90. The molecule has 24 heavy (non-hydrogen) atoms. The smallest absolute Gasteiger partial charge is 0.222 e. The molecule has 0 saturated carbocycles. The second-order valence-electron chi connectivity index (χ2n) is 6.46. The molecule has 0 aromatic carbocycles. The van der Waals surface area contributed by atoms with E-state index in [9.17, 15) is 4.79 Å². The highest BCUT2D eigenvalue weighted by Gasteiger charge is 2.11. The summed E-state index contributed by atoms with van der Waals surface area (Å²) in [5.74, 6) is 0.0386. The lowest BCUT2D eigenvalue weighted by molar-refractivity contribution is -0.132. The molecule has 142 valence electrons. The zero-order chi connectivity index (χ0) is 17.9. The van der Waals surface area contributed by atoms with Gasteiger partial charge in [-0.3, -0.25) is 4.79 Å². The third kappa shape index (κ3) is 14.7. The molecular weight excluding hydrogens is 302 g/mol. The summed E-state index contributed by atoms with van der Waals surface area (Å²) < 4.78 is 0. The Hall–Kier alpha value is -0.870. The molecule has 0 radical (unpaired) electrons. The van der Waals surface area contributed by atoms with Crippen molar-refractivity contribution in [3.05, 3.63) is 12.2 Å². The molecule has 0 saturated heterocycles. The summed E-state index contributed by atoms with van der Waals surface area (Å²) in [6.45, 7) is 2.80. The molecule has 0 unspecified atom stereocenters. The van der Waals surface area contributed by atoms with E-state index in [0.717, 1.165) is 25.7 Å². The highest BCUT2D eigenvalue weighted by atomic mass is 16.3. The van der Waals surface area contributed by atoms with Crippen molar-refractivity contribution in [2.75, 3.05) is 26.3 Å². The van der Waals surface area contributed by atoms with Crippen molar-refractivity contribution >= 4 is 5.91 Å². The van der Waals surface area contributed by atoms with E-state index in [1.54, 1.807) is 4.90 Å². The van der Waals surface area contributed by atoms with Crippen LogP contribution in [0.2, 0.25) is 0 Å². The van der Waals surface area contributed by atoms with E-state index in [0.29, 0.717) is 19.5 Å². The summed E-state index contributed by atoms with van der Waals surface area (Å²) in [4.78, 5) is 13.5. The van der Waals surface area contributed by atoms with Gasteiger partial charge in [-0.15, -0.1) is 0 Å². The Bertz CT molecular complexity index is 299. The first-order chi connectivity index (χ1) is 11.8. The molecule has 0 aliphatic carbocycles. The number of hydrogen-bond acceptors (Lipinski definition) is 3. The van der Waals surface area contributed by atoms with Crippen LogP contribution in [0.5, 0.6) is 0 Å². The quantitative estimate of drug-likeness (QED) is 0.310. The van der Waals surface area contributed by atoms with Crippen LogP contribution in [0, 0.1) is 0 Å². The lowest BCUT2D eigenvalue weighted by Gasteiger charge is -2.20. The van der Waals surface area contributed by atoms with Crippen molar-refractivity contribution in [2.45, 2.75) is 84.0 Å². The van der Waals surface area contributed by atoms with E-state index in [1.165, 1.54) is 44.9 Å². The van der Waals surface area contributed by atoms with Crippen LogP contribution in [-0.4, -0.2) is 47.3 Å². The zero-order valence-corrected chi connectivity index (χ0v) is 15.7. The molecule has 0 atom stereocenters. The number of allylic oxidation sites excluding steroid dienone is 2. The van der Waals surface area contributed by atoms with Crippen LogP contribution in [0.25, 0.3) is 0 Å². The van der Waals surface area contributed by atoms with Gasteiger partial charge in [-0.25, -0.2) is 0 Å². The normalized spacial score (nSPS) is 11.3. The van der Waals surface area contributed by atoms with Crippen LogP contribution in [0.1, 0.15) is 84.0 Å². The average Bonchev–Trinajstić information content (AvgIpc) is 2.58. The Balaban J connectivity index is 3.45. The van der Waals surface area contributed by atoms with E-state index in [1.807, 2.05) is 0 Å². The Morgan fingerprint density at radius 2 is 1.29 bits per heavy atom. The van der Waals surface area contributed by atoms with Crippen molar-refractivity contribution in [3.63, 3.8) is 0 Å². The first kappa shape index (κ1) is 23.1.